The van der Waals surface area contributed by atoms with E-state index >= 15 is 0 Å². The Morgan fingerprint density at radius 2 is 1.00 bits per heavy atom. The molecule has 0 aliphatic rings. The maximum atomic E-state index is 12.7. The number of halogens is 6. The second-order valence-corrected chi connectivity index (χ2v) is 9.14. The zero-order valence-corrected chi connectivity index (χ0v) is 16.2. The van der Waals surface area contributed by atoms with Crippen LogP contribution >= 0.6 is 0 Å². The summed E-state index contributed by atoms with van der Waals surface area (Å²) in [4.78, 5) is 0. The molecule has 1 aromatic rings. The van der Waals surface area contributed by atoms with Gasteiger partial charge in [0.2, 0.25) is 0 Å². The fraction of sp³-hybridized carbons (Fsp3) is 0.684. The Morgan fingerprint density at radius 3 is 1.23 bits per heavy atom. The monoisotopic (exact) mass is 386 g/mol. The van der Waals surface area contributed by atoms with Crippen LogP contribution in [0.5, 0.6) is 0 Å². The molecule has 1 rings (SSSR count). The summed E-state index contributed by atoms with van der Waals surface area (Å²) in [5.74, 6) is 0. The molecule has 0 bridgehead atoms. The van der Waals surface area contributed by atoms with Gasteiger partial charge in [0.1, 0.15) is 0 Å². The normalized spacial score (nSPS) is 13.9. The molecule has 0 aromatic heterocycles. The molecule has 0 saturated carbocycles. The Labute approximate surface area is 151 Å². The first-order valence-corrected chi connectivity index (χ1v) is 8.14. The van der Waals surface area contributed by atoms with Crippen molar-refractivity contribution >= 4 is 0 Å². The highest BCUT2D eigenvalue weighted by atomic mass is 19.4. The van der Waals surface area contributed by atoms with Gasteiger partial charge in [0.25, 0.3) is 5.60 Å². The zero-order valence-electron chi connectivity index (χ0n) is 16.2. The fourth-order valence-electron chi connectivity index (χ4n) is 1.96. The van der Waals surface area contributed by atoms with Crippen molar-refractivity contribution in [2.24, 2.45) is 10.8 Å². The van der Waals surface area contributed by atoms with E-state index in [1.165, 1.54) is 12.1 Å². The van der Waals surface area contributed by atoms with Crippen LogP contribution in [0.3, 0.4) is 0 Å². The number of rotatable bonds is 2. The van der Waals surface area contributed by atoms with Crippen LogP contribution < -0.4 is 0 Å². The predicted octanol–water partition coefficient (Wildman–Crippen LogP) is 6.64. The Morgan fingerprint density at radius 1 is 0.692 bits per heavy atom. The average molecular weight is 386 g/mol. The third kappa shape index (κ3) is 7.56. The third-order valence-corrected chi connectivity index (χ3v) is 2.93. The summed E-state index contributed by atoms with van der Waals surface area (Å²) in [5.41, 5.74) is -5.16. The molecule has 1 nitrogen and oxygen atoms in total. The quantitative estimate of drug-likeness (QED) is 0.565. The van der Waals surface area contributed by atoms with E-state index in [0.717, 1.165) is 0 Å². The van der Waals surface area contributed by atoms with Gasteiger partial charge in [-0.25, -0.2) is 0 Å². The van der Waals surface area contributed by atoms with Crippen LogP contribution in [0.25, 0.3) is 0 Å². The van der Waals surface area contributed by atoms with Crippen molar-refractivity contribution in [1.29, 1.82) is 0 Å². The van der Waals surface area contributed by atoms with Crippen LogP contribution in [-0.2, 0) is 12.0 Å². The van der Waals surface area contributed by atoms with Gasteiger partial charge in [-0.15, -0.1) is 0 Å². The highest BCUT2D eigenvalue weighted by Gasteiger charge is 2.71. The second-order valence-electron chi connectivity index (χ2n) is 9.14. The first-order valence-electron chi connectivity index (χ1n) is 8.14. The molecule has 0 spiro atoms. The van der Waals surface area contributed by atoms with Crippen LogP contribution in [0.1, 0.15) is 59.6 Å². The summed E-state index contributed by atoms with van der Waals surface area (Å²) in [5, 5.41) is 9.23. The molecule has 0 saturated heterocycles. The van der Waals surface area contributed by atoms with Crippen molar-refractivity contribution in [3.63, 3.8) is 0 Å². The van der Waals surface area contributed by atoms with Gasteiger partial charge in [-0.2, -0.15) is 26.3 Å². The highest BCUT2D eigenvalue weighted by molar-refractivity contribution is 5.30. The van der Waals surface area contributed by atoms with Gasteiger partial charge in [0.05, 0.1) is 0 Å². The van der Waals surface area contributed by atoms with Gasteiger partial charge in [-0.05, 0) is 22.8 Å². The van der Waals surface area contributed by atoms with E-state index in [2.05, 4.69) is 27.7 Å². The largest absolute Gasteiger partial charge is 0.430 e. The predicted molar refractivity (Wildman–Crippen MR) is 90.7 cm³/mol. The van der Waals surface area contributed by atoms with Gasteiger partial charge in [0, 0.05) is 5.56 Å². The summed E-state index contributed by atoms with van der Waals surface area (Å²) < 4.78 is 76.1. The van der Waals surface area contributed by atoms with Gasteiger partial charge >= 0.3 is 12.4 Å². The van der Waals surface area contributed by atoms with E-state index in [9.17, 15) is 31.4 Å². The number of aliphatic hydroxyl groups is 1. The lowest BCUT2D eigenvalue weighted by Crippen LogP contribution is -2.53. The van der Waals surface area contributed by atoms with Crippen LogP contribution in [0.2, 0.25) is 0 Å². The minimum absolute atomic E-state index is 0.161. The molecule has 1 N–H and O–H groups in total. The van der Waals surface area contributed by atoms with Gasteiger partial charge in [-0.1, -0.05) is 72.7 Å². The van der Waals surface area contributed by atoms with Crippen molar-refractivity contribution < 1.29 is 31.4 Å². The van der Waals surface area contributed by atoms with E-state index in [4.69, 9.17) is 0 Å². The molecule has 0 aliphatic heterocycles. The van der Waals surface area contributed by atoms with Crippen molar-refractivity contribution in [3.05, 3.63) is 35.4 Å². The number of alkyl halides is 6. The molecule has 0 aliphatic carbocycles. The molecule has 26 heavy (non-hydrogen) atoms. The lowest BCUT2D eigenvalue weighted by molar-refractivity contribution is -0.376. The molecule has 0 atom stereocenters. The van der Waals surface area contributed by atoms with Gasteiger partial charge in [0.15, 0.2) is 0 Å². The lowest BCUT2D eigenvalue weighted by atomic mass is 9.86. The maximum Gasteiger partial charge on any atom is 0.430 e. The van der Waals surface area contributed by atoms with Crippen LogP contribution in [0.4, 0.5) is 26.3 Å². The maximum absolute atomic E-state index is 12.7. The molecule has 0 fully saturated rings. The first-order chi connectivity index (χ1) is 11.2. The van der Waals surface area contributed by atoms with E-state index in [1.807, 2.05) is 20.8 Å². The molecular weight excluding hydrogens is 358 g/mol. The molecule has 0 radical (unpaired) electrons. The standard InChI is InChI=1S/C14H16F6O.C5H12/c1-11(2,3)8-9-4-6-10(7-5-9)12(21,13(15,16)17)14(18,19)20;1-5(2,3)4/h4-7,21H,8H2,1-3H3;1-4H3. The Bertz CT molecular complexity index is 536. The molecule has 0 unspecified atom stereocenters. The molecule has 1 aromatic carbocycles. The highest BCUT2D eigenvalue weighted by Crippen LogP contribution is 2.50. The van der Waals surface area contributed by atoms with Crippen molar-refractivity contribution in [3.8, 4) is 0 Å². The molecule has 152 valence electrons. The average Bonchev–Trinajstić information content (AvgIpc) is 2.32. The minimum atomic E-state index is -5.85. The third-order valence-electron chi connectivity index (χ3n) is 2.93. The van der Waals surface area contributed by atoms with Crippen molar-refractivity contribution in [2.75, 3.05) is 0 Å². The molecule has 7 heteroatoms. The second kappa shape index (κ2) is 7.79. The minimum Gasteiger partial charge on any atom is -0.369 e. The summed E-state index contributed by atoms with van der Waals surface area (Å²) in [6, 6.07) is 3.68. The van der Waals surface area contributed by atoms with Crippen LogP contribution in [0, 0.1) is 10.8 Å². The van der Waals surface area contributed by atoms with Crippen molar-refractivity contribution in [1.82, 2.24) is 0 Å². The SMILES string of the molecule is CC(C)(C)C.CC(C)(C)Cc1ccc(C(O)(C(F)(F)F)C(F)(F)F)cc1. The molecule has 0 heterocycles. The van der Waals surface area contributed by atoms with Gasteiger partial charge < -0.3 is 5.11 Å². The number of hydrogen-bond donors (Lipinski definition) is 1. The van der Waals surface area contributed by atoms with E-state index < -0.39 is 23.5 Å². The Balaban J connectivity index is 0.00000110. The number of hydrogen-bond acceptors (Lipinski definition) is 1. The zero-order chi connectivity index (χ0) is 21.2. The Kier molecular flexibility index (Phi) is 7.41. The fourth-order valence-corrected chi connectivity index (χ4v) is 1.96. The van der Waals surface area contributed by atoms with Crippen LogP contribution in [0.15, 0.2) is 24.3 Å². The smallest absolute Gasteiger partial charge is 0.369 e. The van der Waals surface area contributed by atoms with Crippen molar-refractivity contribution in [2.45, 2.75) is 72.8 Å². The van der Waals surface area contributed by atoms with Crippen LogP contribution in [-0.4, -0.2) is 17.5 Å². The molecular formula is C19H28F6O. The summed E-state index contributed by atoms with van der Waals surface area (Å²) in [6.45, 7) is 14.4. The van der Waals surface area contributed by atoms with E-state index in [1.54, 1.807) is 0 Å². The topological polar surface area (TPSA) is 20.2 Å². The summed E-state index contributed by atoms with van der Waals surface area (Å²) in [7, 11) is 0. The summed E-state index contributed by atoms with van der Waals surface area (Å²) in [6.07, 6.45) is -11.2. The van der Waals surface area contributed by atoms with E-state index in [-0.39, 0.29) is 5.41 Å². The number of benzene rings is 1. The Hall–Kier alpha value is -1.24. The van der Waals surface area contributed by atoms with E-state index in [0.29, 0.717) is 29.5 Å². The molecule has 0 amide bonds. The first kappa shape index (κ1) is 24.8. The lowest BCUT2D eigenvalue weighted by Gasteiger charge is -2.32. The summed E-state index contributed by atoms with van der Waals surface area (Å²) >= 11 is 0. The van der Waals surface area contributed by atoms with Gasteiger partial charge in [-0.3, -0.25) is 0 Å².